The van der Waals surface area contributed by atoms with Gasteiger partial charge in [-0.2, -0.15) is 0 Å². The second-order valence-electron chi connectivity index (χ2n) is 4.37. The van der Waals surface area contributed by atoms with E-state index in [1.54, 1.807) is 11.3 Å². The number of benzene rings is 1. The van der Waals surface area contributed by atoms with Gasteiger partial charge >= 0.3 is 0 Å². The highest BCUT2D eigenvalue weighted by Crippen LogP contribution is 2.34. The highest BCUT2D eigenvalue weighted by Gasteiger charge is 2.11. The van der Waals surface area contributed by atoms with Gasteiger partial charge in [-0.15, -0.1) is 11.3 Å². The number of nitrogen functional groups attached to an aromatic ring is 1. The van der Waals surface area contributed by atoms with Gasteiger partial charge in [0, 0.05) is 5.38 Å². The predicted molar refractivity (Wildman–Crippen MR) is 73.1 cm³/mol. The first-order valence-corrected chi connectivity index (χ1v) is 6.30. The lowest BCUT2D eigenvalue weighted by molar-refractivity contribution is 1.25. The fraction of sp³-hybridized carbons (Fsp3) is 0.286. The van der Waals surface area contributed by atoms with Crippen molar-refractivity contribution in [2.75, 3.05) is 5.73 Å². The van der Waals surface area contributed by atoms with E-state index in [4.69, 9.17) is 5.73 Å². The van der Waals surface area contributed by atoms with Crippen molar-refractivity contribution in [1.82, 2.24) is 0 Å². The van der Waals surface area contributed by atoms with Gasteiger partial charge in [0.15, 0.2) is 0 Å². The molecule has 1 nitrogen and oxygen atoms in total. The molecule has 0 aliphatic rings. The standard InChI is InChI=1S/C14H17NS/c1-8-5-9(2)11(4)14(10(8)3)12-6-13(15)16-7-12/h5-7H,15H2,1-4H3. The Morgan fingerprint density at radius 1 is 0.938 bits per heavy atom. The summed E-state index contributed by atoms with van der Waals surface area (Å²) < 4.78 is 0. The predicted octanol–water partition coefficient (Wildman–Crippen LogP) is 4.23. The average molecular weight is 231 g/mol. The Labute approximate surface area is 101 Å². The largest absolute Gasteiger partial charge is 0.391 e. The first kappa shape index (κ1) is 11.2. The molecule has 2 aromatic rings. The summed E-state index contributed by atoms with van der Waals surface area (Å²) in [5.41, 5.74) is 13.8. The summed E-state index contributed by atoms with van der Waals surface area (Å²) in [6, 6.07) is 4.32. The monoisotopic (exact) mass is 231 g/mol. The molecule has 1 aromatic carbocycles. The molecule has 1 heterocycles. The van der Waals surface area contributed by atoms with Gasteiger partial charge in [-0.05, 0) is 67.1 Å². The summed E-state index contributed by atoms with van der Waals surface area (Å²) in [6.07, 6.45) is 0. The van der Waals surface area contributed by atoms with Crippen LogP contribution in [0.2, 0.25) is 0 Å². The Kier molecular flexibility index (Phi) is 2.76. The quantitative estimate of drug-likeness (QED) is 0.781. The Morgan fingerprint density at radius 3 is 1.94 bits per heavy atom. The van der Waals surface area contributed by atoms with Crippen molar-refractivity contribution < 1.29 is 0 Å². The average Bonchev–Trinajstić information content (AvgIpc) is 2.62. The van der Waals surface area contributed by atoms with Gasteiger partial charge in [0.25, 0.3) is 0 Å². The van der Waals surface area contributed by atoms with Crippen molar-refractivity contribution in [3.05, 3.63) is 39.8 Å². The highest BCUT2D eigenvalue weighted by atomic mass is 32.1. The van der Waals surface area contributed by atoms with Crippen LogP contribution in [0.4, 0.5) is 5.00 Å². The summed E-state index contributed by atoms with van der Waals surface area (Å²) >= 11 is 1.61. The van der Waals surface area contributed by atoms with Crippen LogP contribution >= 0.6 is 11.3 Å². The molecule has 2 rings (SSSR count). The van der Waals surface area contributed by atoms with Crippen molar-refractivity contribution in [1.29, 1.82) is 0 Å². The minimum Gasteiger partial charge on any atom is -0.391 e. The number of aryl methyl sites for hydroxylation is 2. The minimum absolute atomic E-state index is 0.882. The molecule has 0 saturated heterocycles. The number of hydrogen-bond donors (Lipinski definition) is 1. The zero-order valence-corrected chi connectivity index (χ0v) is 11.0. The molecule has 0 aliphatic carbocycles. The third kappa shape index (κ3) is 1.74. The molecule has 0 unspecified atom stereocenters. The maximum Gasteiger partial charge on any atom is 0.0862 e. The first-order chi connectivity index (χ1) is 7.50. The van der Waals surface area contributed by atoms with Crippen molar-refractivity contribution in [3.8, 4) is 11.1 Å². The van der Waals surface area contributed by atoms with Crippen LogP contribution in [0, 0.1) is 27.7 Å². The van der Waals surface area contributed by atoms with E-state index in [2.05, 4.69) is 45.2 Å². The van der Waals surface area contributed by atoms with Crippen LogP contribution < -0.4 is 5.73 Å². The van der Waals surface area contributed by atoms with E-state index in [0.29, 0.717) is 0 Å². The Balaban J connectivity index is 2.73. The lowest BCUT2D eigenvalue weighted by Gasteiger charge is -2.14. The molecule has 0 bridgehead atoms. The van der Waals surface area contributed by atoms with Gasteiger partial charge in [0.2, 0.25) is 0 Å². The second-order valence-corrected chi connectivity index (χ2v) is 5.32. The van der Waals surface area contributed by atoms with E-state index in [9.17, 15) is 0 Å². The van der Waals surface area contributed by atoms with Crippen molar-refractivity contribution in [3.63, 3.8) is 0 Å². The smallest absolute Gasteiger partial charge is 0.0862 e. The maximum absolute atomic E-state index is 5.81. The number of nitrogens with two attached hydrogens (primary N) is 1. The van der Waals surface area contributed by atoms with Gasteiger partial charge in [0.1, 0.15) is 0 Å². The van der Waals surface area contributed by atoms with Crippen LogP contribution in [-0.4, -0.2) is 0 Å². The normalized spacial score (nSPS) is 10.8. The molecule has 0 saturated carbocycles. The molecular weight excluding hydrogens is 214 g/mol. The molecule has 1 aromatic heterocycles. The van der Waals surface area contributed by atoms with E-state index >= 15 is 0 Å². The third-order valence-corrected chi connectivity index (χ3v) is 4.04. The van der Waals surface area contributed by atoms with E-state index in [0.717, 1.165) is 5.00 Å². The topological polar surface area (TPSA) is 26.0 Å². The molecular formula is C14H17NS. The van der Waals surface area contributed by atoms with Crippen molar-refractivity contribution in [2.24, 2.45) is 0 Å². The number of thiophene rings is 1. The third-order valence-electron chi connectivity index (χ3n) is 3.27. The fourth-order valence-corrected chi connectivity index (χ4v) is 2.78. The molecule has 0 fully saturated rings. The minimum atomic E-state index is 0.882. The second kappa shape index (κ2) is 3.95. The molecule has 0 aliphatic heterocycles. The molecule has 16 heavy (non-hydrogen) atoms. The zero-order chi connectivity index (χ0) is 11.9. The van der Waals surface area contributed by atoms with Crippen LogP contribution in [0.15, 0.2) is 17.5 Å². The van der Waals surface area contributed by atoms with E-state index in [1.807, 2.05) is 0 Å². The summed E-state index contributed by atoms with van der Waals surface area (Å²) in [7, 11) is 0. The Hall–Kier alpha value is -1.28. The molecule has 0 atom stereocenters. The van der Waals surface area contributed by atoms with Crippen LogP contribution in [0.3, 0.4) is 0 Å². The maximum atomic E-state index is 5.81. The van der Waals surface area contributed by atoms with Gasteiger partial charge in [-0.1, -0.05) is 6.07 Å². The number of anilines is 1. The number of rotatable bonds is 1. The van der Waals surface area contributed by atoms with E-state index in [-0.39, 0.29) is 0 Å². The SMILES string of the molecule is Cc1cc(C)c(C)c(-c2csc(N)c2)c1C. The molecule has 84 valence electrons. The fourth-order valence-electron chi connectivity index (χ4n) is 2.13. The van der Waals surface area contributed by atoms with Gasteiger partial charge < -0.3 is 5.73 Å². The summed E-state index contributed by atoms with van der Waals surface area (Å²) in [5, 5.41) is 3.02. The highest BCUT2D eigenvalue weighted by molar-refractivity contribution is 7.14. The molecule has 0 spiro atoms. The van der Waals surface area contributed by atoms with Gasteiger partial charge in [0.05, 0.1) is 5.00 Å². The molecule has 2 heteroatoms. The Morgan fingerprint density at radius 2 is 1.50 bits per heavy atom. The van der Waals surface area contributed by atoms with Crippen molar-refractivity contribution >= 4 is 16.3 Å². The Bertz CT molecular complexity index is 512. The van der Waals surface area contributed by atoms with Crippen molar-refractivity contribution in [2.45, 2.75) is 27.7 Å². The number of hydrogen-bond acceptors (Lipinski definition) is 2. The molecule has 2 N–H and O–H groups in total. The van der Waals surface area contributed by atoms with Gasteiger partial charge in [-0.25, -0.2) is 0 Å². The lowest BCUT2D eigenvalue weighted by atomic mass is 9.91. The molecule has 0 radical (unpaired) electrons. The van der Waals surface area contributed by atoms with E-state index in [1.165, 1.54) is 33.4 Å². The lowest BCUT2D eigenvalue weighted by Crippen LogP contribution is -1.94. The van der Waals surface area contributed by atoms with Gasteiger partial charge in [-0.3, -0.25) is 0 Å². The zero-order valence-electron chi connectivity index (χ0n) is 10.2. The first-order valence-electron chi connectivity index (χ1n) is 5.42. The summed E-state index contributed by atoms with van der Waals surface area (Å²) in [4.78, 5) is 0. The van der Waals surface area contributed by atoms with Crippen LogP contribution in [0.5, 0.6) is 0 Å². The van der Waals surface area contributed by atoms with Crippen LogP contribution in [0.1, 0.15) is 22.3 Å². The van der Waals surface area contributed by atoms with E-state index < -0.39 is 0 Å². The van der Waals surface area contributed by atoms with Crippen LogP contribution in [-0.2, 0) is 0 Å². The summed E-state index contributed by atoms with van der Waals surface area (Å²) in [6.45, 7) is 8.71. The molecule has 0 amide bonds. The van der Waals surface area contributed by atoms with Crippen LogP contribution in [0.25, 0.3) is 11.1 Å². The summed E-state index contributed by atoms with van der Waals surface area (Å²) in [5.74, 6) is 0.